The van der Waals surface area contributed by atoms with Gasteiger partial charge in [0.15, 0.2) is 0 Å². The Bertz CT molecular complexity index is 662. The van der Waals surface area contributed by atoms with Crippen molar-refractivity contribution >= 4 is 5.52 Å². The lowest BCUT2D eigenvalue weighted by Crippen LogP contribution is -2.13. The second kappa shape index (κ2) is 5.65. The fraction of sp³-hybridized carbons (Fsp3) is 0.611. The first-order chi connectivity index (χ1) is 10.7. The number of aromatic nitrogens is 2. The Morgan fingerprint density at radius 1 is 1.32 bits per heavy atom. The van der Waals surface area contributed by atoms with Gasteiger partial charge in [0.2, 0.25) is 0 Å². The van der Waals surface area contributed by atoms with Crippen LogP contribution in [0.1, 0.15) is 68.1 Å². The first-order valence-corrected chi connectivity index (χ1v) is 8.50. The number of halogens is 1. The average molecular weight is 302 g/mol. The Hall–Kier alpha value is -1.42. The number of alkyl halides is 1. The van der Waals surface area contributed by atoms with Crippen molar-refractivity contribution in [3.8, 4) is 0 Å². The summed E-state index contributed by atoms with van der Waals surface area (Å²) in [5.74, 6) is 0.566. The predicted molar refractivity (Wildman–Crippen MR) is 83.6 cm³/mol. The van der Waals surface area contributed by atoms with E-state index in [1.54, 1.807) is 12.5 Å². The highest BCUT2D eigenvalue weighted by atomic mass is 19.1. The van der Waals surface area contributed by atoms with Crippen LogP contribution in [-0.4, -0.2) is 20.7 Å². The van der Waals surface area contributed by atoms with Crippen molar-refractivity contribution in [2.75, 3.05) is 0 Å². The fourth-order valence-electron chi connectivity index (χ4n) is 4.06. The monoisotopic (exact) mass is 302 g/mol. The molecule has 0 saturated heterocycles. The topological polar surface area (TPSA) is 37.5 Å². The molecule has 0 aliphatic heterocycles. The molecular formula is C18H23FN2O. The molecule has 3 nitrogen and oxygen atoms in total. The molecule has 0 radical (unpaired) electrons. The second-order valence-electron chi connectivity index (χ2n) is 6.98. The minimum Gasteiger partial charge on any atom is -0.388 e. The number of hydrogen-bond donors (Lipinski definition) is 1. The van der Waals surface area contributed by atoms with Crippen molar-refractivity contribution in [3.63, 3.8) is 0 Å². The van der Waals surface area contributed by atoms with Crippen molar-refractivity contribution in [2.45, 2.75) is 63.1 Å². The number of rotatable bonds is 4. The van der Waals surface area contributed by atoms with E-state index in [1.807, 2.05) is 16.7 Å². The first kappa shape index (κ1) is 14.2. The van der Waals surface area contributed by atoms with Crippen molar-refractivity contribution < 1.29 is 9.50 Å². The molecule has 2 aromatic heterocycles. The van der Waals surface area contributed by atoms with Crippen LogP contribution in [0.3, 0.4) is 0 Å². The molecule has 0 amide bonds. The lowest BCUT2D eigenvalue weighted by atomic mass is 9.83. The molecule has 2 aliphatic carbocycles. The summed E-state index contributed by atoms with van der Waals surface area (Å²) in [6.07, 6.45) is 11.9. The SMILES string of the molecule is OC(CC1CCCCC1)c1c([C@@H]2C[C@@H]2F)ccn2cncc12. The van der Waals surface area contributed by atoms with Gasteiger partial charge in [-0.15, -0.1) is 0 Å². The molecule has 4 heteroatoms. The fourth-order valence-corrected chi connectivity index (χ4v) is 4.06. The quantitative estimate of drug-likeness (QED) is 0.920. The third kappa shape index (κ3) is 2.54. The molecule has 1 N–H and O–H groups in total. The molecule has 2 fully saturated rings. The van der Waals surface area contributed by atoms with Gasteiger partial charge in [-0.1, -0.05) is 32.1 Å². The normalized spacial score (nSPS) is 27.2. The van der Waals surface area contributed by atoms with E-state index in [-0.39, 0.29) is 5.92 Å². The average Bonchev–Trinajstić information content (AvgIpc) is 3.07. The van der Waals surface area contributed by atoms with E-state index >= 15 is 0 Å². The first-order valence-electron chi connectivity index (χ1n) is 8.50. The van der Waals surface area contributed by atoms with Crippen LogP contribution >= 0.6 is 0 Å². The lowest BCUT2D eigenvalue weighted by molar-refractivity contribution is 0.131. The number of aliphatic hydroxyl groups is 1. The van der Waals surface area contributed by atoms with Crippen molar-refractivity contribution in [1.29, 1.82) is 0 Å². The van der Waals surface area contributed by atoms with Crippen LogP contribution in [0.4, 0.5) is 4.39 Å². The lowest BCUT2D eigenvalue weighted by Gasteiger charge is -2.25. The number of hydrogen-bond acceptors (Lipinski definition) is 2. The van der Waals surface area contributed by atoms with E-state index in [1.165, 1.54) is 32.1 Å². The van der Waals surface area contributed by atoms with E-state index in [4.69, 9.17) is 0 Å². The molecule has 0 aromatic carbocycles. The van der Waals surface area contributed by atoms with Gasteiger partial charge in [0.05, 0.1) is 24.1 Å². The zero-order chi connectivity index (χ0) is 15.1. The molecule has 22 heavy (non-hydrogen) atoms. The summed E-state index contributed by atoms with van der Waals surface area (Å²) in [6.45, 7) is 0. The minimum absolute atomic E-state index is 0.0316. The maximum absolute atomic E-state index is 13.6. The highest BCUT2D eigenvalue weighted by molar-refractivity contribution is 5.59. The van der Waals surface area contributed by atoms with E-state index in [0.29, 0.717) is 12.3 Å². The number of nitrogens with zero attached hydrogens (tertiary/aromatic N) is 2. The maximum Gasteiger partial charge on any atom is 0.108 e. The third-order valence-electron chi connectivity index (χ3n) is 5.39. The summed E-state index contributed by atoms with van der Waals surface area (Å²) in [5, 5.41) is 10.9. The van der Waals surface area contributed by atoms with Crippen LogP contribution in [0.15, 0.2) is 24.8 Å². The highest BCUT2D eigenvalue weighted by Crippen LogP contribution is 2.47. The smallest absolute Gasteiger partial charge is 0.108 e. The molecule has 0 bridgehead atoms. The largest absolute Gasteiger partial charge is 0.388 e. The van der Waals surface area contributed by atoms with Gasteiger partial charge in [-0.05, 0) is 30.4 Å². The summed E-state index contributed by atoms with van der Waals surface area (Å²) in [4.78, 5) is 4.19. The summed E-state index contributed by atoms with van der Waals surface area (Å²) < 4.78 is 15.5. The zero-order valence-electron chi connectivity index (χ0n) is 12.8. The number of pyridine rings is 1. The molecule has 1 unspecified atom stereocenters. The third-order valence-corrected chi connectivity index (χ3v) is 5.39. The summed E-state index contributed by atoms with van der Waals surface area (Å²) in [7, 11) is 0. The predicted octanol–water partition coefficient (Wildman–Crippen LogP) is 4.16. The van der Waals surface area contributed by atoms with Gasteiger partial charge in [0.1, 0.15) is 6.17 Å². The molecule has 2 saturated carbocycles. The van der Waals surface area contributed by atoms with Crippen LogP contribution in [0, 0.1) is 5.92 Å². The van der Waals surface area contributed by atoms with Crippen molar-refractivity contribution in [3.05, 3.63) is 35.9 Å². The Labute approximate surface area is 130 Å². The molecule has 2 aromatic rings. The molecule has 0 spiro atoms. The summed E-state index contributed by atoms with van der Waals surface area (Å²) in [5.41, 5.74) is 2.83. The van der Waals surface area contributed by atoms with Crippen molar-refractivity contribution in [2.24, 2.45) is 5.92 Å². The summed E-state index contributed by atoms with van der Waals surface area (Å²) in [6, 6.07) is 1.97. The number of imidazole rings is 1. The minimum atomic E-state index is -0.744. The molecule has 118 valence electrons. The van der Waals surface area contributed by atoms with Gasteiger partial charge in [-0.25, -0.2) is 9.37 Å². The molecule has 4 rings (SSSR count). The van der Waals surface area contributed by atoms with Gasteiger partial charge in [-0.3, -0.25) is 0 Å². The Morgan fingerprint density at radius 2 is 2.09 bits per heavy atom. The van der Waals surface area contributed by atoms with Gasteiger partial charge >= 0.3 is 0 Å². The van der Waals surface area contributed by atoms with Gasteiger partial charge < -0.3 is 9.51 Å². The van der Waals surface area contributed by atoms with Gasteiger partial charge in [0.25, 0.3) is 0 Å². The van der Waals surface area contributed by atoms with Crippen LogP contribution in [0.2, 0.25) is 0 Å². The van der Waals surface area contributed by atoms with Crippen LogP contribution < -0.4 is 0 Å². The summed E-state index contributed by atoms with van der Waals surface area (Å²) >= 11 is 0. The van der Waals surface area contributed by atoms with Gasteiger partial charge in [0, 0.05) is 17.7 Å². The standard InChI is InChI=1S/C18H23FN2O/c19-15-9-14(15)13-6-7-21-11-20-10-16(21)18(13)17(22)8-12-4-2-1-3-5-12/h6-7,10-12,14-15,17,22H,1-5,8-9H2/t14-,15-,17?/m0/s1. The molecule has 3 atom stereocenters. The second-order valence-corrected chi connectivity index (χ2v) is 6.98. The molecule has 2 heterocycles. The Balaban J connectivity index is 1.67. The Kier molecular flexibility index (Phi) is 3.65. The highest BCUT2D eigenvalue weighted by Gasteiger charge is 2.41. The van der Waals surface area contributed by atoms with E-state index in [0.717, 1.165) is 23.1 Å². The molecule has 2 aliphatic rings. The Morgan fingerprint density at radius 3 is 2.82 bits per heavy atom. The van der Waals surface area contributed by atoms with Gasteiger partial charge in [-0.2, -0.15) is 0 Å². The van der Waals surface area contributed by atoms with Crippen LogP contribution in [0.25, 0.3) is 5.52 Å². The van der Waals surface area contributed by atoms with Crippen molar-refractivity contribution in [1.82, 2.24) is 9.38 Å². The zero-order valence-corrected chi connectivity index (χ0v) is 12.8. The number of fused-ring (bicyclic) bond motifs is 1. The van der Waals surface area contributed by atoms with E-state index in [9.17, 15) is 9.50 Å². The maximum atomic E-state index is 13.6. The van der Waals surface area contributed by atoms with E-state index in [2.05, 4.69) is 4.98 Å². The number of aliphatic hydroxyl groups excluding tert-OH is 1. The van der Waals surface area contributed by atoms with Crippen LogP contribution in [-0.2, 0) is 0 Å². The van der Waals surface area contributed by atoms with Crippen LogP contribution in [0.5, 0.6) is 0 Å². The molecular weight excluding hydrogens is 279 g/mol. The van der Waals surface area contributed by atoms with E-state index < -0.39 is 12.3 Å².